The molecule has 0 fully saturated rings. The van der Waals surface area contributed by atoms with Gasteiger partial charge in [-0.05, 0) is 37.1 Å². The van der Waals surface area contributed by atoms with Crippen LogP contribution in [0.2, 0.25) is 0 Å². The van der Waals surface area contributed by atoms with Gasteiger partial charge in [-0.3, -0.25) is 4.79 Å². The number of aromatic nitrogens is 2. The smallest absolute Gasteiger partial charge is 0.247 e. The van der Waals surface area contributed by atoms with Crippen LogP contribution >= 0.6 is 0 Å². The van der Waals surface area contributed by atoms with Gasteiger partial charge in [0.25, 0.3) is 0 Å². The molecule has 6 heteroatoms. The third-order valence-corrected chi connectivity index (χ3v) is 3.97. The topological polar surface area (TPSA) is 68.0 Å². The molecule has 0 saturated carbocycles. The Balaban J connectivity index is 1.45. The van der Waals surface area contributed by atoms with Gasteiger partial charge in [0.1, 0.15) is 5.82 Å². The number of hydrogen-bond acceptors (Lipinski definition) is 4. The third-order valence-electron chi connectivity index (χ3n) is 3.97. The van der Waals surface area contributed by atoms with E-state index < -0.39 is 0 Å². The number of carbonyl (C=O) groups is 1. The lowest BCUT2D eigenvalue weighted by Crippen LogP contribution is -2.26. The second-order valence-electron chi connectivity index (χ2n) is 6.06. The second kappa shape index (κ2) is 8.38. The molecule has 0 radical (unpaired) electrons. The van der Waals surface area contributed by atoms with E-state index >= 15 is 0 Å². The summed E-state index contributed by atoms with van der Waals surface area (Å²) in [5, 5.41) is 10.8. The molecule has 2 aromatic carbocycles. The number of amides is 1. The number of carbonyl (C=O) groups excluding carboxylic acids is 1. The highest BCUT2D eigenvalue weighted by Gasteiger charge is 2.11. The molecule has 134 valence electrons. The van der Waals surface area contributed by atoms with Crippen molar-refractivity contribution in [3.8, 4) is 11.5 Å². The maximum absolute atomic E-state index is 13.5. The van der Waals surface area contributed by atoms with Crippen LogP contribution in [-0.4, -0.2) is 22.6 Å². The van der Waals surface area contributed by atoms with E-state index in [-0.39, 0.29) is 18.1 Å². The van der Waals surface area contributed by atoms with E-state index in [2.05, 4.69) is 15.5 Å². The predicted octanol–water partition coefficient (Wildman–Crippen LogP) is 3.48. The predicted molar refractivity (Wildman–Crippen MR) is 95.9 cm³/mol. The van der Waals surface area contributed by atoms with Crippen molar-refractivity contribution >= 4 is 5.91 Å². The molecule has 0 aliphatic heterocycles. The minimum Gasteiger partial charge on any atom is -0.421 e. The summed E-state index contributed by atoms with van der Waals surface area (Å²) in [6.45, 7) is 2.38. The van der Waals surface area contributed by atoms with Crippen molar-refractivity contribution in [1.29, 1.82) is 0 Å². The Morgan fingerprint density at radius 2 is 1.96 bits per heavy atom. The van der Waals surface area contributed by atoms with Gasteiger partial charge in [-0.25, -0.2) is 4.39 Å². The van der Waals surface area contributed by atoms with Crippen molar-refractivity contribution in [3.05, 3.63) is 71.4 Å². The van der Waals surface area contributed by atoms with E-state index in [0.717, 1.165) is 11.1 Å². The Morgan fingerprint density at radius 3 is 2.77 bits per heavy atom. The van der Waals surface area contributed by atoms with Gasteiger partial charge in [0.15, 0.2) is 0 Å². The molecule has 0 aliphatic rings. The van der Waals surface area contributed by atoms with Gasteiger partial charge in [0, 0.05) is 24.9 Å². The molecule has 1 aromatic heterocycles. The third kappa shape index (κ3) is 4.75. The summed E-state index contributed by atoms with van der Waals surface area (Å²) >= 11 is 0. The lowest BCUT2D eigenvalue weighted by atomic mass is 10.1. The first-order chi connectivity index (χ1) is 12.6. The van der Waals surface area contributed by atoms with Crippen molar-refractivity contribution in [3.63, 3.8) is 0 Å². The zero-order chi connectivity index (χ0) is 18.4. The van der Waals surface area contributed by atoms with Crippen LogP contribution in [0.5, 0.6) is 0 Å². The van der Waals surface area contributed by atoms with Crippen LogP contribution in [0.1, 0.15) is 23.4 Å². The standard InChI is InChI=1S/C20H20FN3O2/c1-14-5-4-7-16(13-14)20-24-23-19(26-20)10-9-18(25)22-12-11-15-6-2-3-8-17(15)21/h2-8,13H,9-12H2,1H3,(H,22,25). The maximum Gasteiger partial charge on any atom is 0.247 e. The van der Waals surface area contributed by atoms with Crippen molar-refractivity contribution in [2.24, 2.45) is 0 Å². The lowest BCUT2D eigenvalue weighted by Gasteiger charge is -2.05. The fourth-order valence-corrected chi connectivity index (χ4v) is 2.60. The molecule has 26 heavy (non-hydrogen) atoms. The molecule has 0 aliphatic carbocycles. The second-order valence-corrected chi connectivity index (χ2v) is 6.06. The first-order valence-electron chi connectivity index (χ1n) is 8.51. The largest absolute Gasteiger partial charge is 0.421 e. The molecule has 0 spiro atoms. The summed E-state index contributed by atoms with van der Waals surface area (Å²) in [6.07, 6.45) is 1.06. The van der Waals surface area contributed by atoms with Crippen molar-refractivity contribution in [1.82, 2.24) is 15.5 Å². The molecule has 0 saturated heterocycles. The highest BCUT2D eigenvalue weighted by molar-refractivity contribution is 5.76. The lowest BCUT2D eigenvalue weighted by molar-refractivity contribution is -0.121. The Kier molecular flexibility index (Phi) is 5.73. The van der Waals surface area contributed by atoms with Gasteiger partial charge in [-0.15, -0.1) is 10.2 Å². The van der Waals surface area contributed by atoms with Crippen LogP contribution < -0.4 is 5.32 Å². The Morgan fingerprint density at radius 1 is 1.12 bits per heavy atom. The van der Waals surface area contributed by atoms with Gasteiger partial charge >= 0.3 is 0 Å². The van der Waals surface area contributed by atoms with Gasteiger partial charge in [-0.1, -0.05) is 35.9 Å². The molecule has 0 atom stereocenters. The number of nitrogens with zero attached hydrogens (tertiary/aromatic N) is 2. The summed E-state index contributed by atoms with van der Waals surface area (Å²) < 4.78 is 19.1. The normalized spacial score (nSPS) is 10.7. The van der Waals surface area contributed by atoms with Gasteiger partial charge in [-0.2, -0.15) is 0 Å². The molecule has 1 amide bonds. The van der Waals surface area contributed by atoms with E-state index in [1.807, 2.05) is 31.2 Å². The summed E-state index contributed by atoms with van der Waals surface area (Å²) in [5.41, 5.74) is 2.56. The van der Waals surface area contributed by atoms with Crippen molar-refractivity contribution in [2.45, 2.75) is 26.2 Å². The monoisotopic (exact) mass is 353 g/mol. The molecule has 1 heterocycles. The van der Waals surface area contributed by atoms with Gasteiger partial charge in [0.05, 0.1) is 0 Å². The van der Waals surface area contributed by atoms with Crippen LogP contribution in [0.25, 0.3) is 11.5 Å². The highest BCUT2D eigenvalue weighted by Crippen LogP contribution is 2.19. The first-order valence-corrected chi connectivity index (χ1v) is 8.51. The van der Waals surface area contributed by atoms with E-state index in [1.165, 1.54) is 6.07 Å². The molecule has 3 rings (SSSR count). The Bertz CT molecular complexity index is 892. The first kappa shape index (κ1) is 17.8. The minimum absolute atomic E-state index is 0.128. The Labute approximate surface area is 151 Å². The fourth-order valence-electron chi connectivity index (χ4n) is 2.60. The number of aryl methyl sites for hydroxylation is 2. The van der Waals surface area contributed by atoms with Crippen LogP contribution in [0.4, 0.5) is 4.39 Å². The maximum atomic E-state index is 13.5. The zero-order valence-electron chi connectivity index (χ0n) is 14.5. The quantitative estimate of drug-likeness (QED) is 0.706. The summed E-state index contributed by atoms with van der Waals surface area (Å²) in [5.74, 6) is 0.488. The average molecular weight is 353 g/mol. The minimum atomic E-state index is -0.253. The molecule has 1 N–H and O–H groups in total. The summed E-state index contributed by atoms with van der Waals surface area (Å²) in [6, 6.07) is 14.3. The fraction of sp³-hybridized carbons (Fsp3) is 0.250. The van der Waals surface area contributed by atoms with E-state index in [4.69, 9.17) is 4.42 Å². The van der Waals surface area contributed by atoms with E-state index in [1.54, 1.807) is 18.2 Å². The van der Waals surface area contributed by atoms with E-state index in [0.29, 0.717) is 36.7 Å². The van der Waals surface area contributed by atoms with Crippen molar-refractivity contribution < 1.29 is 13.6 Å². The van der Waals surface area contributed by atoms with Crippen LogP contribution in [0, 0.1) is 12.7 Å². The molecule has 0 unspecified atom stereocenters. The summed E-state index contributed by atoms with van der Waals surface area (Å²) in [7, 11) is 0. The molecule has 0 bridgehead atoms. The number of nitrogens with one attached hydrogen (secondary N) is 1. The van der Waals surface area contributed by atoms with Crippen LogP contribution in [0.3, 0.4) is 0 Å². The Hall–Kier alpha value is -3.02. The SMILES string of the molecule is Cc1cccc(-c2nnc(CCC(=O)NCCc3ccccc3F)o2)c1. The van der Waals surface area contributed by atoms with Gasteiger partial charge < -0.3 is 9.73 Å². The van der Waals surface area contributed by atoms with E-state index in [9.17, 15) is 9.18 Å². The number of benzene rings is 2. The van der Waals surface area contributed by atoms with Gasteiger partial charge in [0.2, 0.25) is 17.7 Å². The van der Waals surface area contributed by atoms with Crippen molar-refractivity contribution in [2.75, 3.05) is 6.54 Å². The average Bonchev–Trinajstić information content (AvgIpc) is 3.11. The molecule has 5 nitrogen and oxygen atoms in total. The van der Waals surface area contributed by atoms with Crippen LogP contribution in [-0.2, 0) is 17.6 Å². The highest BCUT2D eigenvalue weighted by atomic mass is 19.1. The number of hydrogen-bond donors (Lipinski definition) is 1. The van der Waals surface area contributed by atoms with Crippen LogP contribution in [0.15, 0.2) is 52.9 Å². The zero-order valence-corrected chi connectivity index (χ0v) is 14.5. The summed E-state index contributed by atoms with van der Waals surface area (Å²) in [4.78, 5) is 11.9. The molecule has 3 aromatic rings. The number of halogens is 1. The molecular weight excluding hydrogens is 333 g/mol. The molecular formula is C20H20FN3O2. The number of rotatable bonds is 7.